The summed E-state index contributed by atoms with van der Waals surface area (Å²) >= 11 is 0. The van der Waals surface area contributed by atoms with E-state index in [2.05, 4.69) is 26.1 Å². The molecular weight excluding hydrogens is 354 g/mol. The van der Waals surface area contributed by atoms with Crippen LogP contribution in [0.15, 0.2) is 24.3 Å². The molecule has 1 saturated heterocycles. The number of hydrogen-bond donors (Lipinski definition) is 1. The molecule has 0 unspecified atom stereocenters. The van der Waals surface area contributed by atoms with E-state index in [9.17, 15) is 9.59 Å². The third-order valence-corrected chi connectivity index (χ3v) is 5.13. The molecule has 6 nitrogen and oxygen atoms in total. The number of piperazine rings is 1. The van der Waals surface area contributed by atoms with Gasteiger partial charge in [0.2, 0.25) is 5.91 Å². The van der Waals surface area contributed by atoms with Crippen molar-refractivity contribution < 1.29 is 14.3 Å². The van der Waals surface area contributed by atoms with E-state index in [4.69, 9.17) is 4.74 Å². The van der Waals surface area contributed by atoms with Gasteiger partial charge in [0.1, 0.15) is 0 Å². The molecule has 2 rings (SSSR count). The molecule has 1 fully saturated rings. The Morgan fingerprint density at radius 1 is 1.11 bits per heavy atom. The summed E-state index contributed by atoms with van der Waals surface area (Å²) in [5.41, 5.74) is 1.92. The minimum atomic E-state index is -0.0235. The molecule has 0 bridgehead atoms. The number of amides is 2. The van der Waals surface area contributed by atoms with Crippen molar-refractivity contribution in [2.45, 2.75) is 39.0 Å². The van der Waals surface area contributed by atoms with Gasteiger partial charge in [0.05, 0.1) is 0 Å². The van der Waals surface area contributed by atoms with Gasteiger partial charge in [0, 0.05) is 65.0 Å². The molecule has 1 N–H and O–H groups in total. The van der Waals surface area contributed by atoms with E-state index < -0.39 is 0 Å². The minimum Gasteiger partial charge on any atom is -0.385 e. The Labute approximate surface area is 169 Å². The molecule has 28 heavy (non-hydrogen) atoms. The lowest BCUT2D eigenvalue weighted by Crippen LogP contribution is -2.47. The van der Waals surface area contributed by atoms with Crippen LogP contribution in [-0.4, -0.2) is 74.6 Å². The van der Waals surface area contributed by atoms with Crippen LogP contribution >= 0.6 is 0 Å². The van der Waals surface area contributed by atoms with Crippen LogP contribution in [0.4, 0.5) is 0 Å². The van der Waals surface area contributed by atoms with Crippen molar-refractivity contribution >= 4 is 11.8 Å². The van der Waals surface area contributed by atoms with Gasteiger partial charge in [-0.05, 0) is 29.5 Å². The first-order chi connectivity index (χ1) is 13.3. The van der Waals surface area contributed by atoms with Gasteiger partial charge in [0.15, 0.2) is 0 Å². The standard InChI is InChI=1S/C22H35N3O3/c1-22(2,3)19-8-6-18(7-9-19)21(27)25(13-5-17-28-4)14-10-20(26)24-15-11-23-12-16-24/h6-9,23H,5,10-17H2,1-4H3. The molecule has 156 valence electrons. The van der Waals surface area contributed by atoms with Gasteiger partial charge in [-0.25, -0.2) is 0 Å². The molecule has 1 heterocycles. The van der Waals surface area contributed by atoms with E-state index in [1.165, 1.54) is 5.56 Å². The van der Waals surface area contributed by atoms with Gasteiger partial charge < -0.3 is 19.9 Å². The fourth-order valence-corrected chi connectivity index (χ4v) is 3.31. The van der Waals surface area contributed by atoms with E-state index in [1.54, 1.807) is 12.0 Å². The summed E-state index contributed by atoms with van der Waals surface area (Å²) in [4.78, 5) is 29.2. The molecule has 0 aromatic heterocycles. The van der Waals surface area contributed by atoms with E-state index in [0.717, 1.165) is 32.6 Å². The molecule has 6 heteroatoms. The summed E-state index contributed by atoms with van der Waals surface area (Å²) in [6.45, 7) is 11.2. The monoisotopic (exact) mass is 389 g/mol. The smallest absolute Gasteiger partial charge is 0.253 e. The fraction of sp³-hybridized carbons (Fsp3) is 0.636. The first-order valence-electron chi connectivity index (χ1n) is 10.2. The van der Waals surface area contributed by atoms with Crippen LogP contribution in [0.3, 0.4) is 0 Å². The number of hydrogen-bond acceptors (Lipinski definition) is 4. The molecule has 0 aliphatic carbocycles. The number of benzene rings is 1. The number of nitrogens with one attached hydrogen (secondary N) is 1. The third kappa shape index (κ3) is 6.60. The zero-order chi connectivity index (χ0) is 20.6. The highest BCUT2D eigenvalue weighted by molar-refractivity contribution is 5.94. The van der Waals surface area contributed by atoms with Crippen LogP contribution in [0.2, 0.25) is 0 Å². The van der Waals surface area contributed by atoms with Crippen molar-refractivity contribution in [1.82, 2.24) is 15.1 Å². The second-order valence-corrected chi connectivity index (χ2v) is 8.35. The molecule has 1 aliphatic rings. The molecule has 2 amide bonds. The summed E-state index contributed by atoms with van der Waals surface area (Å²) in [5.74, 6) is 0.0961. The van der Waals surface area contributed by atoms with Crippen LogP contribution in [-0.2, 0) is 14.9 Å². The molecule has 0 atom stereocenters. The maximum Gasteiger partial charge on any atom is 0.253 e. The second-order valence-electron chi connectivity index (χ2n) is 8.35. The van der Waals surface area contributed by atoms with Gasteiger partial charge in [-0.1, -0.05) is 32.9 Å². The predicted octanol–water partition coefficient (Wildman–Crippen LogP) is 2.28. The van der Waals surface area contributed by atoms with E-state index in [-0.39, 0.29) is 17.2 Å². The number of carbonyl (C=O) groups excluding carboxylic acids is 2. The Balaban J connectivity index is 2.01. The van der Waals surface area contributed by atoms with E-state index in [0.29, 0.717) is 31.7 Å². The molecule has 1 aromatic carbocycles. The highest BCUT2D eigenvalue weighted by atomic mass is 16.5. The van der Waals surface area contributed by atoms with Crippen LogP contribution < -0.4 is 5.32 Å². The second kappa shape index (κ2) is 10.6. The highest BCUT2D eigenvalue weighted by Gasteiger charge is 2.21. The summed E-state index contributed by atoms with van der Waals surface area (Å²) < 4.78 is 5.13. The fourth-order valence-electron chi connectivity index (χ4n) is 3.31. The molecule has 1 aromatic rings. The zero-order valence-corrected chi connectivity index (χ0v) is 17.8. The topological polar surface area (TPSA) is 61.9 Å². The maximum atomic E-state index is 13.0. The number of carbonyl (C=O) groups is 2. The van der Waals surface area contributed by atoms with Crippen molar-refractivity contribution in [1.29, 1.82) is 0 Å². The quantitative estimate of drug-likeness (QED) is 0.693. The summed E-state index contributed by atoms with van der Waals surface area (Å²) in [6, 6.07) is 7.83. The summed E-state index contributed by atoms with van der Waals surface area (Å²) in [6.07, 6.45) is 1.11. The van der Waals surface area contributed by atoms with E-state index in [1.807, 2.05) is 29.2 Å². The predicted molar refractivity (Wildman–Crippen MR) is 112 cm³/mol. The van der Waals surface area contributed by atoms with Gasteiger partial charge in [0.25, 0.3) is 5.91 Å². The number of nitrogens with zero attached hydrogens (tertiary/aromatic N) is 2. The van der Waals surface area contributed by atoms with Crippen molar-refractivity contribution in [3.63, 3.8) is 0 Å². The first kappa shape index (κ1) is 22.4. The lowest BCUT2D eigenvalue weighted by atomic mass is 9.86. The van der Waals surface area contributed by atoms with Gasteiger partial charge in [-0.15, -0.1) is 0 Å². The molecule has 0 spiro atoms. The van der Waals surface area contributed by atoms with Crippen LogP contribution in [0.1, 0.15) is 49.5 Å². The van der Waals surface area contributed by atoms with Crippen LogP contribution in [0.5, 0.6) is 0 Å². The first-order valence-corrected chi connectivity index (χ1v) is 10.2. The summed E-state index contributed by atoms with van der Waals surface area (Å²) in [7, 11) is 1.66. The number of methoxy groups -OCH3 is 1. The van der Waals surface area contributed by atoms with Crippen molar-refractivity contribution in [3.05, 3.63) is 35.4 Å². The van der Waals surface area contributed by atoms with Gasteiger partial charge in [-0.3, -0.25) is 9.59 Å². The van der Waals surface area contributed by atoms with Gasteiger partial charge in [-0.2, -0.15) is 0 Å². The lowest BCUT2D eigenvalue weighted by Gasteiger charge is -2.29. The number of rotatable bonds is 8. The molecular formula is C22H35N3O3. The van der Waals surface area contributed by atoms with Crippen molar-refractivity contribution in [2.24, 2.45) is 0 Å². The molecule has 1 aliphatic heterocycles. The van der Waals surface area contributed by atoms with Gasteiger partial charge >= 0.3 is 0 Å². The Morgan fingerprint density at radius 3 is 2.32 bits per heavy atom. The third-order valence-electron chi connectivity index (χ3n) is 5.13. The van der Waals surface area contributed by atoms with Crippen molar-refractivity contribution in [2.75, 3.05) is 53.0 Å². The lowest BCUT2D eigenvalue weighted by molar-refractivity contribution is -0.131. The summed E-state index contributed by atoms with van der Waals surface area (Å²) in [5, 5.41) is 3.25. The normalized spacial score (nSPS) is 14.8. The molecule has 0 radical (unpaired) electrons. The van der Waals surface area contributed by atoms with Crippen LogP contribution in [0, 0.1) is 0 Å². The Hall–Kier alpha value is -1.92. The van der Waals surface area contributed by atoms with E-state index >= 15 is 0 Å². The maximum absolute atomic E-state index is 13.0. The highest BCUT2D eigenvalue weighted by Crippen LogP contribution is 2.22. The van der Waals surface area contributed by atoms with Crippen LogP contribution in [0.25, 0.3) is 0 Å². The zero-order valence-electron chi connectivity index (χ0n) is 17.8. The Morgan fingerprint density at radius 2 is 1.75 bits per heavy atom. The average Bonchev–Trinajstić information content (AvgIpc) is 2.70. The number of ether oxygens (including phenoxy) is 1. The average molecular weight is 390 g/mol. The SMILES string of the molecule is COCCCN(CCC(=O)N1CCNCC1)C(=O)c1ccc(C(C)(C)C)cc1. The molecule has 0 saturated carbocycles. The Kier molecular flexibility index (Phi) is 8.45. The van der Waals surface area contributed by atoms with Crippen molar-refractivity contribution in [3.8, 4) is 0 Å². The minimum absolute atomic E-state index is 0.0235. The Bertz CT molecular complexity index is 631. The largest absolute Gasteiger partial charge is 0.385 e.